The van der Waals surface area contributed by atoms with Gasteiger partial charge >= 0.3 is 0 Å². The number of benzene rings is 2. The van der Waals surface area contributed by atoms with Gasteiger partial charge in [0.1, 0.15) is 11.5 Å². The van der Waals surface area contributed by atoms with Gasteiger partial charge in [-0.05, 0) is 73.6 Å². The Morgan fingerprint density at radius 1 is 1.00 bits per heavy atom. The van der Waals surface area contributed by atoms with Gasteiger partial charge in [0.15, 0.2) is 6.10 Å². The Hall–Kier alpha value is -2.49. The molecule has 0 aliphatic heterocycles. The van der Waals surface area contributed by atoms with Crippen molar-refractivity contribution in [2.45, 2.75) is 59.6 Å². The number of carbonyl (C=O) groups excluding carboxylic acids is 1. The Morgan fingerprint density at radius 3 is 2.11 bits per heavy atom. The summed E-state index contributed by atoms with van der Waals surface area (Å²) in [7, 11) is 1.65. The fourth-order valence-electron chi connectivity index (χ4n) is 3.34. The molecule has 4 heteroatoms. The molecule has 0 heterocycles. The molecule has 0 bridgehead atoms. The standard InChI is InChI=1S/C24H33NO3/c1-7-23(28-21-14-17(4)13-18(5)15-21)24(26)25-22(12-16(2)3)19-8-10-20(27-6)11-9-19/h8-11,13-16,22-23H,7,12H2,1-6H3,(H,25,26)/t22-,23+/m1/s1. The topological polar surface area (TPSA) is 47.6 Å². The monoisotopic (exact) mass is 383 g/mol. The molecule has 1 amide bonds. The molecule has 0 aromatic heterocycles. The van der Waals surface area contributed by atoms with E-state index in [1.807, 2.05) is 57.2 Å². The second-order valence-electron chi connectivity index (χ2n) is 7.80. The first-order chi connectivity index (χ1) is 13.3. The van der Waals surface area contributed by atoms with Gasteiger partial charge in [0.25, 0.3) is 5.91 Å². The molecule has 2 aromatic rings. The number of methoxy groups -OCH3 is 1. The van der Waals surface area contributed by atoms with E-state index in [4.69, 9.17) is 9.47 Å². The van der Waals surface area contributed by atoms with Crippen molar-refractivity contribution in [1.29, 1.82) is 0 Å². The zero-order valence-electron chi connectivity index (χ0n) is 17.9. The molecule has 1 N–H and O–H groups in total. The summed E-state index contributed by atoms with van der Waals surface area (Å²) in [6, 6.07) is 13.9. The lowest BCUT2D eigenvalue weighted by atomic mass is 9.96. The first-order valence-electron chi connectivity index (χ1n) is 10.0. The molecule has 2 atom stereocenters. The van der Waals surface area contributed by atoms with E-state index in [0.29, 0.717) is 12.3 Å². The fraction of sp³-hybridized carbons (Fsp3) is 0.458. The molecule has 0 unspecified atom stereocenters. The Morgan fingerprint density at radius 2 is 1.61 bits per heavy atom. The molecule has 4 nitrogen and oxygen atoms in total. The Bertz CT molecular complexity index is 748. The molecule has 2 rings (SSSR count). The minimum absolute atomic E-state index is 0.0599. The minimum atomic E-state index is -0.519. The average molecular weight is 384 g/mol. The number of ether oxygens (including phenoxy) is 2. The molecule has 152 valence electrons. The van der Waals surface area contributed by atoms with Crippen molar-refractivity contribution in [2.24, 2.45) is 5.92 Å². The van der Waals surface area contributed by atoms with Gasteiger partial charge in [0.2, 0.25) is 0 Å². The predicted octanol–water partition coefficient (Wildman–Crippen LogP) is 5.37. The van der Waals surface area contributed by atoms with Crippen LogP contribution in [0.1, 0.15) is 56.3 Å². The smallest absolute Gasteiger partial charge is 0.261 e. The van der Waals surface area contributed by atoms with Crippen LogP contribution in [-0.2, 0) is 4.79 Å². The lowest BCUT2D eigenvalue weighted by Gasteiger charge is -2.25. The van der Waals surface area contributed by atoms with Crippen LogP contribution >= 0.6 is 0 Å². The van der Waals surface area contributed by atoms with E-state index in [0.717, 1.165) is 34.6 Å². The van der Waals surface area contributed by atoms with Gasteiger partial charge in [0, 0.05) is 0 Å². The summed E-state index contributed by atoms with van der Waals surface area (Å²) in [5.41, 5.74) is 3.33. The van der Waals surface area contributed by atoms with Gasteiger partial charge in [0.05, 0.1) is 13.2 Å². The molecule has 28 heavy (non-hydrogen) atoms. The van der Waals surface area contributed by atoms with Crippen LogP contribution < -0.4 is 14.8 Å². The van der Waals surface area contributed by atoms with Gasteiger partial charge < -0.3 is 14.8 Å². The Kier molecular flexibility index (Phi) is 7.91. The van der Waals surface area contributed by atoms with Crippen LogP contribution in [0, 0.1) is 19.8 Å². The zero-order chi connectivity index (χ0) is 20.7. The van der Waals surface area contributed by atoms with Crippen LogP contribution in [-0.4, -0.2) is 19.1 Å². The fourth-order valence-corrected chi connectivity index (χ4v) is 3.34. The summed E-state index contributed by atoms with van der Waals surface area (Å²) in [6.07, 6.45) is 0.947. The van der Waals surface area contributed by atoms with Crippen LogP contribution in [0.25, 0.3) is 0 Å². The third-order valence-corrected chi connectivity index (χ3v) is 4.68. The van der Waals surface area contributed by atoms with Crippen molar-refractivity contribution in [3.63, 3.8) is 0 Å². The normalized spacial score (nSPS) is 13.1. The summed E-state index contributed by atoms with van der Waals surface area (Å²) >= 11 is 0. The van der Waals surface area contributed by atoms with Crippen LogP contribution in [0.5, 0.6) is 11.5 Å². The predicted molar refractivity (Wildman–Crippen MR) is 114 cm³/mol. The van der Waals surface area contributed by atoms with E-state index >= 15 is 0 Å². The van der Waals surface area contributed by atoms with Crippen molar-refractivity contribution in [3.8, 4) is 11.5 Å². The maximum absolute atomic E-state index is 13.0. The lowest BCUT2D eigenvalue weighted by molar-refractivity contribution is -0.129. The number of hydrogen-bond donors (Lipinski definition) is 1. The van der Waals surface area contributed by atoms with E-state index in [-0.39, 0.29) is 11.9 Å². The number of rotatable bonds is 9. The molecule has 0 aliphatic rings. The van der Waals surface area contributed by atoms with Crippen LogP contribution in [0.15, 0.2) is 42.5 Å². The first kappa shape index (κ1) is 21.8. The molecule has 0 aliphatic carbocycles. The molecular weight excluding hydrogens is 350 g/mol. The summed E-state index contributed by atoms with van der Waals surface area (Å²) < 4.78 is 11.3. The maximum atomic E-state index is 13.0. The van der Waals surface area contributed by atoms with Crippen molar-refractivity contribution >= 4 is 5.91 Å². The Labute approximate surface area is 169 Å². The molecule has 0 spiro atoms. The minimum Gasteiger partial charge on any atom is -0.497 e. The van der Waals surface area contributed by atoms with Crippen molar-refractivity contribution in [2.75, 3.05) is 7.11 Å². The second-order valence-corrected chi connectivity index (χ2v) is 7.80. The highest BCUT2D eigenvalue weighted by atomic mass is 16.5. The number of aryl methyl sites for hydroxylation is 2. The Balaban J connectivity index is 2.14. The molecule has 0 saturated heterocycles. The second kappa shape index (κ2) is 10.2. The molecule has 0 saturated carbocycles. The summed E-state index contributed by atoms with van der Waals surface area (Å²) in [5, 5.41) is 3.20. The van der Waals surface area contributed by atoms with Crippen LogP contribution in [0.3, 0.4) is 0 Å². The maximum Gasteiger partial charge on any atom is 0.261 e. The van der Waals surface area contributed by atoms with Gasteiger partial charge in [-0.25, -0.2) is 0 Å². The molecular formula is C24H33NO3. The van der Waals surface area contributed by atoms with Gasteiger partial charge in [-0.3, -0.25) is 4.79 Å². The summed E-state index contributed by atoms with van der Waals surface area (Å²) in [5.74, 6) is 1.92. The summed E-state index contributed by atoms with van der Waals surface area (Å²) in [4.78, 5) is 13.0. The number of amides is 1. The average Bonchev–Trinajstić information content (AvgIpc) is 2.64. The number of nitrogens with one attached hydrogen (secondary N) is 1. The van der Waals surface area contributed by atoms with Crippen LogP contribution in [0.2, 0.25) is 0 Å². The van der Waals surface area contributed by atoms with Gasteiger partial charge in [-0.15, -0.1) is 0 Å². The third kappa shape index (κ3) is 6.29. The molecule has 0 fully saturated rings. The lowest BCUT2D eigenvalue weighted by Crippen LogP contribution is -2.40. The van der Waals surface area contributed by atoms with Crippen LogP contribution in [0.4, 0.5) is 0 Å². The SMILES string of the molecule is CC[C@H](Oc1cc(C)cc(C)c1)C(=O)N[C@H](CC(C)C)c1ccc(OC)cc1. The molecule has 2 aromatic carbocycles. The third-order valence-electron chi connectivity index (χ3n) is 4.68. The molecule has 0 radical (unpaired) electrons. The van der Waals surface area contributed by atoms with Crippen molar-refractivity contribution in [1.82, 2.24) is 5.32 Å². The van der Waals surface area contributed by atoms with E-state index in [2.05, 4.69) is 25.2 Å². The largest absolute Gasteiger partial charge is 0.497 e. The number of hydrogen-bond acceptors (Lipinski definition) is 3. The van der Waals surface area contributed by atoms with Gasteiger partial charge in [-0.2, -0.15) is 0 Å². The zero-order valence-corrected chi connectivity index (χ0v) is 17.9. The van der Waals surface area contributed by atoms with Gasteiger partial charge in [-0.1, -0.05) is 39.0 Å². The van der Waals surface area contributed by atoms with E-state index < -0.39 is 6.10 Å². The van der Waals surface area contributed by atoms with E-state index in [1.54, 1.807) is 7.11 Å². The highest BCUT2D eigenvalue weighted by molar-refractivity contribution is 5.81. The summed E-state index contributed by atoms with van der Waals surface area (Å²) in [6.45, 7) is 10.3. The quantitative estimate of drug-likeness (QED) is 0.633. The van der Waals surface area contributed by atoms with Crippen molar-refractivity contribution in [3.05, 3.63) is 59.2 Å². The van der Waals surface area contributed by atoms with Crippen molar-refractivity contribution < 1.29 is 14.3 Å². The highest BCUT2D eigenvalue weighted by Crippen LogP contribution is 2.25. The van der Waals surface area contributed by atoms with E-state index in [9.17, 15) is 4.79 Å². The highest BCUT2D eigenvalue weighted by Gasteiger charge is 2.23. The number of carbonyl (C=O) groups is 1. The van der Waals surface area contributed by atoms with E-state index in [1.165, 1.54) is 0 Å². The first-order valence-corrected chi connectivity index (χ1v) is 10.0.